The summed E-state index contributed by atoms with van der Waals surface area (Å²) in [6.45, 7) is 0. The summed E-state index contributed by atoms with van der Waals surface area (Å²) in [7, 11) is 0. The highest BCUT2D eigenvalue weighted by molar-refractivity contribution is 14.1. The molecule has 0 amide bonds. The molecule has 0 saturated heterocycles. The van der Waals surface area contributed by atoms with Crippen molar-refractivity contribution in [2.24, 2.45) is 5.73 Å². The highest BCUT2D eigenvalue weighted by Crippen LogP contribution is 2.25. The number of nitrogens with zero attached hydrogens (tertiary/aromatic N) is 1. The van der Waals surface area contributed by atoms with Crippen molar-refractivity contribution in [1.29, 1.82) is 0 Å². The van der Waals surface area contributed by atoms with E-state index in [1.165, 1.54) is 0 Å². The summed E-state index contributed by atoms with van der Waals surface area (Å²) in [5, 5.41) is 3.24. The van der Waals surface area contributed by atoms with Crippen LogP contribution in [0.2, 0.25) is 0 Å². The van der Waals surface area contributed by atoms with Crippen LogP contribution in [-0.4, -0.2) is 9.97 Å². The largest absolute Gasteiger partial charge is 0.388 e. The molecule has 0 aliphatic carbocycles. The third-order valence-electron chi connectivity index (χ3n) is 2.19. The first-order valence-electron chi connectivity index (χ1n) is 5.05. The molecule has 2 rings (SSSR count). The smallest absolute Gasteiger partial charge is 0.131 e. The minimum Gasteiger partial charge on any atom is -0.388 e. The van der Waals surface area contributed by atoms with E-state index in [0.29, 0.717) is 10.7 Å². The van der Waals surface area contributed by atoms with Gasteiger partial charge in [-0.2, -0.15) is 0 Å². The first kappa shape index (κ1) is 13.7. The molecule has 0 radical (unpaired) electrons. The number of nitrogens with two attached hydrogens (primary N) is 1. The van der Waals surface area contributed by atoms with Gasteiger partial charge in [0.1, 0.15) is 10.8 Å². The molecule has 1 heterocycles. The van der Waals surface area contributed by atoms with Gasteiger partial charge in [-0.3, -0.25) is 0 Å². The van der Waals surface area contributed by atoms with Crippen LogP contribution < -0.4 is 11.1 Å². The maximum absolute atomic E-state index is 5.56. The van der Waals surface area contributed by atoms with Crippen molar-refractivity contribution in [3.8, 4) is 0 Å². The van der Waals surface area contributed by atoms with Crippen molar-refractivity contribution in [3.63, 3.8) is 0 Å². The lowest BCUT2D eigenvalue weighted by molar-refractivity contribution is 1.27. The molecule has 0 saturated carbocycles. The number of nitrogens with one attached hydrogen (secondary N) is 1. The lowest BCUT2D eigenvalue weighted by Crippen LogP contribution is -2.12. The molecule has 0 unspecified atom stereocenters. The first-order valence-corrected chi connectivity index (χ1v) is 7.33. The Bertz CT molecular complexity index is 604. The second-order valence-corrected chi connectivity index (χ2v) is 6.04. The number of hydrogen-bond donors (Lipinski definition) is 2. The maximum Gasteiger partial charge on any atom is 0.131 e. The zero-order valence-electron chi connectivity index (χ0n) is 9.15. The predicted octanol–water partition coefficient (Wildman–Crippen LogP) is 3.83. The molecule has 0 bridgehead atoms. The summed E-state index contributed by atoms with van der Waals surface area (Å²) in [6.07, 6.45) is 0. The molecule has 1 aromatic heterocycles. The van der Waals surface area contributed by atoms with Gasteiger partial charge in [-0.25, -0.2) is 4.98 Å². The van der Waals surface area contributed by atoms with Crippen molar-refractivity contribution in [2.75, 3.05) is 5.32 Å². The van der Waals surface area contributed by atoms with Gasteiger partial charge in [0, 0.05) is 8.04 Å². The van der Waals surface area contributed by atoms with Crippen molar-refractivity contribution in [1.82, 2.24) is 4.98 Å². The van der Waals surface area contributed by atoms with E-state index in [2.05, 4.69) is 48.8 Å². The van der Waals surface area contributed by atoms with E-state index in [1.54, 1.807) is 6.07 Å². The third kappa shape index (κ3) is 3.39. The predicted molar refractivity (Wildman–Crippen MR) is 90.3 cm³/mol. The molecular weight excluding hydrogens is 425 g/mol. The minimum absolute atomic E-state index is 0.294. The van der Waals surface area contributed by atoms with E-state index in [4.69, 9.17) is 18.0 Å². The number of pyridine rings is 1. The molecule has 0 fully saturated rings. The Hall–Kier alpha value is -0.730. The third-order valence-corrected chi connectivity index (χ3v) is 3.84. The van der Waals surface area contributed by atoms with Gasteiger partial charge in [0.2, 0.25) is 0 Å². The average molecular weight is 434 g/mol. The molecule has 3 nitrogen and oxygen atoms in total. The van der Waals surface area contributed by atoms with Gasteiger partial charge in [0.25, 0.3) is 0 Å². The summed E-state index contributed by atoms with van der Waals surface area (Å²) < 4.78 is 2.12. The quantitative estimate of drug-likeness (QED) is 0.570. The second-order valence-electron chi connectivity index (χ2n) is 3.52. The van der Waals surface area contributed by atoms with E-state index in [0.717, 1.165) is 19.5 Å². The Kier molecular flexibility index (Phi) is 4.52. The van der Waals surface area contributed by atoms with Gasteiger partial charge in [0.05, 0.1) is 11.4 Å². The van der Waals surface area contributed by atoms with E-state index in [1.807, 2.05) is 30.3 Å². The summed E-state index contributed by atoms with van der Waals surface area (Å²) in [5.41, 5.74) is 7.16. The standard InChI is InChI=1S/C12H9BrIN3S/c13-7-4-5-8(14)10(6-7)17-11-3-1-2-9(16-11)12(15)18/h1-6H,(H2,15,18)(H,16,17). The Labute approximate surface area is 132 Å². The highest BCUT2D eigenvalue weighted by atomic mass is 127. The molecule has 92 valence electrons. The van der Waals surface area contributed by atoms with Crippen LogP contribution in [0.1, 0.15) is 5.69 Å². The fourth-order valence-corrected chi connectivity index (χ4v) is 2.32. The number of aromatic nitrogens is 1. The van der Waals surface area contributed by atoms with E-state index >= 15 is 0 Å². The van der Waals surface area contributed by atoms with Crippen LogP contribution in [0.5, 0.6) is 0 Å². The van der Waals surface area contributed by atoms with Gasteiger partial charge in [-0.15, -0.1) is 0 Å². The maximum atomic E-state index is 5.56. The van der Waals surface area contributed by atoms with Gasteiger partial charge >= 0.3 is 0 Å². The van der Waals surface area contributed by atoms with Gasteiger partial charge in [0.15, 0.2) is 0 Å². The lowest BCUT2D eigenvalue weighted by atomic mass is 10.3. The first-order chi connectivity index (χ1) is 8.56. The van der Waals surface area contributed by atoms with Crippen LogP contribution in [0.4, 0.5) is 11.5 Å². The average Bonchev–Trinajstić information content (AvgIpc) is 2.34. The Morgan fingerprint density at radius 1 is 1.33 bits per heavy atom. The van der Waals surface area contributed by atoms with Crippen molar-refractivity contribution >= 4 is 67.2 Å². The number of anilines is 2. The number of thiocarbonyl (C=S) groups is 1. The van der Waals surface area contributed by atoms with Gasteiger partial charge < -0.3 is 11.1 Å². The van der Waals surface area contributed by atoms with Crippen LogP contribution in [0.3, 0.4) is 0 Å². The molecule has 0 aliphatic heterocycles. The molecule has 0 atom stereocenters. The fraction of sp³-hybridized carbons (Fsp3) is 0. The zero-order valence-corrected chi connectivity index (χ0v) is 13.7. The molecular formula is C12H9BrIN3S. The molecule has 0 spiro atoms. The SMILES string of the molecule is NC(=S)c1cccc(Nc2cc(Br)ccc2I)n1. The summed E-state index contributed by atoms with van der Waals surface area (Å²) in [5.74, 6) is 0.719. The lowest BCUT2D eigenvalue weighted by Gasteiger charge is -2.09. The van der Waals surface area contributed by atoms with Crippen LogP contribution in [0.25, 0.3) is 0 Å². The molecule has 0 aliphatic rings. The number of benzene rings is 1. The van der Waals surface area contributed by atoms with Crippen LogP contribution in [-0.2, 0) is 0 Å². The summed E-state index contributed by atoms with van der Waals surface area (Å²) in [4.78, 5) is 4.64. The molecule has 3 N–H and O–H groups in total. The Morgan fingerprint density at radius 2 is 2.11 bits per heavy atom. The molecule has 6 heteroatoms. The Morgan fingerprint density at radius 3 is 2.83 bits per heavy atom. The van der Waals surface area contributed by atoms with E-state index in [9.17, 15) is 0 Å². The molecule has 1 aromatic carbocycles. The van der Waals surface area contributed by atoms with Crippen LogP contribution in [0, 0.1) is 3.57 Å². The topological polar surface area (TPSA) is 50.9 Å². The second kappa shape index (κ2) is 5.94. The van der Waals surface area contributed by atoms with Crippen LogP contribution >= 0.6 is 50.7 Å². The minimum atomic E-state index is 0.294. The summed E-state index contributed by atoms with van der Waals surface area (Å²) in [6, 6.07) is 11.5. The van der Waals surface area contributed by atoms with Gasteiger partial charge in [-0.1, -0.05) is 34.2 Å². The van der Waals surface area contributed by atoms with Crippen molar-refractivity contribution < 1.29 is 0 Å². The number of hydrogen-bond acceptors (Lipinski definition) is 3. The van der Waals surface area contributed by atoms with Gasteiger partial charge in [-0.05, 0) is 52.9 Å². The Balaban J connectivity index is 2.31. The van der Waals surface area contributed by atoms with Crippen molar-refractivity contribution in [2.45, 2.75) is 0 Å². The zero-order chi connectivity index (χ0) is 13.1. The highest BCUT2D eigenvalue weighted by Gasteiger charge is 2.04. The number of rotatable bonds is 3. The summed E-state index contributed by atoms with van der Waals surface area (Å²) >= 11 is 10.6. The molecule has 2 aromatic rings. The molecule has 18 heavy (non-hydrogen) atoms. The van der Waals surface area contributed by atoms with Crippen LogP contribution in [0.15, 0.2) is 40.9 Å². The van der Waals surface area contributed by atoms with Crippen molar-refractivity contribution in [3.05, 3.63) is 50.1 Å². The monoisotopic (exact) mass is 433 g/mol. The normalized spacial score (nSPS) is 10.1. The van der Waals surface area contributed by atoms with E-state index < -0.39 is 0 Å². The number of halogens is 2. The fourth-order valence-electron chi connectivity index (χ4n) is 1.37. The van der Waals surface area contributed by atoms with E-state index in [-0.39, 0.29) is 0 Å².